The van der Waals surface area contributed by atoms with E-state index in [2.05, 4.69) is 21.2 Å². The molecule has 3 heteroatoms. The monoisotopic (exact) mass is 303 g/mol. The Balaban J connectivity index is 2.01. The molecule has 92 valence electrons. The number of carbonyl (C=O) groups is 1. The zero-order valence-electron chi connectivity index (χ0n) is 10.1. The maximum atomic E-state index is 11.9. The van der Waals surface area contributed by atoms with E-state index in [-0.39, 0.29) is 5.91 Å². The Kier molecular flexibility index (Phi) is 4.15. The van der Waals surface area contributed by atoms with Crippen molar-refractivity contribution in [1.29, 1.82) is 0 Å². The van der Waals surface area contributed by atoms with Gasteiger partial charge in [0.05, 0.1) is 6.42 Å². The molecule has 2 aromatic carbocycles. The van der Waals surface area contributed by atoms with Crippen LogP contribution in [0.5, 0.6) is 0 Å². The molecule has 0 atom stereocenters. The first-order valence-corrected chi connectivity index (χ1v) is 6.54. The lowest BCUT2D eigenvalue weighted by Crippen LogP contribution is -2.14. The first kappa shape index (κ1) is 12.8. The lowest BCUT2D eigenvalue weighted by molar-refractivity contribution is -0.115. The van der Waals surface area contributed by atoms with Gasteiger partial charge in [0.1, 0.15) is 0 Å². The summed E-state index contributed by atoms with van der Waals surface area (Å²) in [6.07, 6.45) is 0.397. The van der Waals surface area contributed by atoms with E-state index in [1.54, 1.807) is 0 Å². The van der Waals surface area contributed by atoms with Gasteiger partial charge < -0.3 is 5.32 Å². The molecule has 0 aliphatic carbocycles. The maximum absolute atomic E-state index is 11.9. The predicted molar refractivity (Wildman–Crippen MR) is 77.7 cm³/mol. The third-order valence-electron chi connectivity index (χ3n) is 2.56. The molecule has 2 nitrogen and oxygen atoms in total. The first-order chi connectivity index (χ1) is 8.63. The van der Waals surface area contributed by atoms with Gasteiger partial charge in [-0.15, -0.1) is 0 Å². The van der Waals surface area contributed by atoms with Gasteiger partial charge in [-0.25, -0.2) is 0 Å². The summed E-state index contributed by atoms with van der Waals surface area (Å²) in [7, 11) is 0. The van der Waals surface area contributed by atoms with Crippen LogP contribution in [0.1, 0.15) is 11.1 Å². The minimum Gasteiger partial charge on any atom is -0.326 e. The normalized spacial score (nSPS) is 10.1. The summed E-state index contributed by atoms with van der Waals surface area (Å²) >= 11 is 3.38. The molecule has 0 fully saturated rings. The maximum Gasteiger partial charge on any atom is 0.228 e. The highest BCUT2D eigenvalue weighted by Gasteiger charge is 2.04. The average Bonchev–Trinajstić information content (AvgIpc) is 2.28. The van der Waals surface area contributed by atoms with Crippen molar-refractivity contribution in [1.82, 2.24) is 0 Å². The van der Waals surface area contributed by atoms with E-state index in [1.165, 1.54) is 5.56 Å². The second-order valence-electron chi connectivity index (χ2n) is 4.22. The Bertz CT molecular complexity index is 516. The van der Waals surface area contributed by atoms with Crippen LogP contribution in [0.2, 0.25) is 0 Å². The van der Waals surface area contributed by atoms with E-state index >= 15 is 0 Å². The molecule has 0 unspecified atom stereocenters. The first-order valence-electron chi connectivity index (χ1n) is 5.74. The van der Waals surface area contributed by atoms with Crippen LogP contribution >= 0.6 is 15.9 Å². The number of nitrogens with one attached hydrogen (secondary N) is 1. The minimum atomic E-state index is -0.00120. The van der Waals surface area contributed by atoms with Crippen molar-refractivity contribution in [3.8, 4) is 0 Å². The second kappa shape index (κ2) is 5.83. The van der Waals surface area contributed by atoms with Gasteiger partial charge in [0.2, 0.25) is 5.91 Å². The fourth-order valence-corrected chi connectivity index (χ4v) is 2.18. The van der Waals surface area contributed by atoms with Crippen LogP contribution in [-0.4, -0.2) is 5.91 Å². The van der Waals surface area contributed by atoms with Crippen molar-refractivity contribution in [3.63, 3.8) is 0 Å². The largest absolute Gasteiger partial charge is 0.326 e. The molecule has 0 heterocycles. The van der Waals surface area contributed by atoms with Crippen molar-refractivity contribution in [2.24, 2.45) is 0 Å². The Hall–Kier alpha value is -1.61. The molecule has 0 saturated heterocycles. The van der Waals surface area contributed by atoms with Gasteiger partial charge in [0.15, 0.2) is 0 Å². The topological polar surface area (TPSA) is 29.1 Å². The van der Waals surface area contributed by atoms with Crippen LogP contribution in [0.4, 0.5) is 5.69 Å². The van der Waals surface area contributed by atoms with Crippen LogP contribution in [-0.2, 0) is 11.2 Å². The molecule has 0 aromatic heterocycles. The van der Waals surface area contributed by atoms with Gasteiger partial charge in [-0.1, -0.05) is 51.8 Å². The molecule has 18 heavy (non-hydrogen) atoms. The van der Waals surface area contributed by atoms with Crippen molar-refractivity contribution in [2.45, 2.75) is 13.3 Å². The van der Waals surface area contributed by atoms with E-state index in [1.807, 2.05) is 55.5 Å². The van der Waals surface area contributed by atoms with Crippen molar-refractivity contribution < 1.29 is 4.79 Å². The van der Waals surface area contributed by atoms with Crippen molar-refractivity contribution in [3.05, 3.63) is 64.1 Å². The Morgan fingerprint density at radius 3 is 2.67 bits per heavy atom. The number of rotatable bonds is 3. The number of anilines is 1. The summed E-state index contributed by atoms with van der Waals surface area (Å²) in [6.45, 7) is 2.02. The van der Waals surface area contributed by atoms with Gasteiger partial charge in [0.25, 0.3) is 0 Å². The van der Waals surface area contributed by atoms with Crippen LogP contribution < -0.4 is 5.32 Å². The molecule has 0 aliphatic heterocycles. The summed E-state index contributed by atoms with van der Waals surface area (Å²) in [4.78, 5) is 11.9. The average molecular weight is 304 g/mol. The van der Waals surface area contributed by atoms with E-state index in [4.69, 9.17) is 0 Å². The smallest absolute Gasteiger partial charge is 0.228 e. The molecule has 1 N–H and O–H groups in total. The van der Waals surface area contributed by atoms with Crippen LogP contribution in [0.15, 0.2) is 53.0 Å². The van der Waals surface area contributed by atoms with Gasteiger partial charge >= 0.3 is 0 Å². The zero-order valence-corrected chi connectivity index (χ0v) is 11.7. The molecular formula is C15H14BrNO. The fraction of sp³-hybridized carbons (Fsp3) is 0.133. The molecule has 2 aromatic rings. The Morgan fingerprint density at radius 2 is 1.94 bits per heavy atom. The zero-order chi connectivity index (χ0) is 13.0. The van der Waals surface area contributed by atoms with Gasteiger partial charge in [-0.2, -0.15) is 0 Å². The standard InChI is InChI=1S/C15H14BrNO/c1-11-4-2-5-12(8-11)9-15(18)17-14-7-3-6-13(16)10-14/h2-8,10H,9H2,1H3,(H,17,18). The molecule has 0 saturated carbocycles. The summed E-state index contributed by atoms with van der Waals surface area (Å²) in [5, 5.41) is 2.88. The molecule has 2 rings (SSSR count). The third-order valence-corrected chi connectivity index (χ3v) is 3.05. The van der Waals surface area contributed by atoms with Crippen molar-refractivity contribution in [2.75, 3.05) is 5.32 Å². The van der Waals surface area contributed by atoms with E-state index in [9.17, 15) is 4.79 Å². The number of hydrogen-bond acceptors (Lipinski definition) is 1. The van der Waals surface area contributed by atoms with Gasteiger partial charge in [0, 0.05) is 10.2 Å². The third kappa shape index (κ3) is 3.70. The highest BCUT2D eigenvalue weighted by atomic mass is 79.9. The summed E-state index contributed by atoms with van der Waals surface area (Å²) in [6, 6.07) is 15.6. The number of benzene rings is 2. The SMILES string of the molecule is Cc1cccc(CC(=O)Nc2cccc(Br)c2)c1. The lowest BCUT2D eigenvalue weighted by atomic mass is 10.1. The molecule has 0 bridgehead atoms. The number of hydrogen-bond donors (Lipinski definition) is 1. The quantitative estimate of drug-likeness (QED) is 0.914. The highest BCUT2D eigenvalue weighted by molar-refractivity contribution is 9.10. The molecular weight excluding hydrogens is 290 g/mol. The Morgan fingerprint density at radius 1 is 1.17 bits per heavy atom. The van der Waals surface area contributed by atoms with Crippen LogP contribution in [0, 0.1) is 6.92 Å². The lowest BCUT2D eigenvalue weighted by Gasteiger charge is -2.06. The predicted octanol–water partition coefficient (Wildman–Crippen LogP) is 3.94. The van der Waals surface area contributed by atoms with E-state index in [0.717, 1.165) is 15.7 Å². The van der Waals surface area contributed by atoms with Gasteiger partial charge in [-0.3, -0.25) is 4.79 Å². The van der Waals surface area contributed by atoms with Crippen LogP contribution in [0.3, 0.4) is 0 Å². The van der Waals surface area contributed by atoms with E-state index < -0.39 is 0 Å². The number of amides is 1. The summed E-state index contributed by atoms with van der Waals surface area (Å²) < 4.78 is 0.954. The van der Waals surface area contributed by atoms with E-state index in [0.29, 0.717) is 6.42 Å². The highest BCUT2D eigenvalue weighted by Crippen LogP contribution is 2.16. The number of carbonyl (C=O) groups excluding carboxylic acids is 1. The summed E-state index contributed by atoms with van der Waals surface area (Å²) in [5.74, 6) is -0.00120. The molecule has 0 radical (unpaired) electrons. The number of aryl methyl sites for hydroxylation is 1. The van der Waals surface area contributed by atoms with Crippen LogP contribution in [0.25, 0.3) is 0 Å². The number of halogens is 1. The molecule has 1 amide bonds. The van der Waals surface area contributed by atoms with Gasteiger partial charge in [-0.05, 0) is 30.7 Å². The fourth-order valence-electron chi connectivity index (χ4n) is 1.78. The minimum absolute atomic E-state index is 0.00120. The van der Waals surface area contributed by atoms with Crippen molar-refractivity contribution >= 4 is 27.5 Å². The second-order valence-corrected chi connectivity index (χ2v) is 5.14. The molecule has 0 aliphatic rings. The molecule has 0 spiro atoms. The Labute approximate surface area is 115 Å². The summed E-state index contributed by atoms with van der Waals surface area (Å²) in [5.41, 5.74) is 3.01.